The highest BCUT2D eigenvalue weighted by molar-refractivity contribution is 9.10. The van der Waals surface area contributed by atoms with E-state index < -0.39 is 12.1 Å². The van der Waals surface area contributed by atoms with Crippen molar-refractivity contribution in [1.29, 1.82) is 0 Å². The lowest BCUT2D eigenvalue weighted by Crippen LogP contribution is -2.30. The van der Waals surface area contributed by atoms with Crippen LogP contribution in [0.4, 0.5) is 5.69 Å². The molecule has 0 saturated carbocycles. The molecule has 126 valence electrons. The Morgan fingerprint density at radius 3 is 2.58 bits per heavy atom. The Labute approximate surface area is 154 Å². The van der Waals surface area contributed by atoms with Crippen molar-refractivity contribution < 1.29 is 14.3 Å². The minimum atomic E-state index is -0.859. The first-order valence-electron chi connectivity index (χ1n) is 7.40. The van der Waals surface area contributed by atoms with Crippen LogP contribution in [0.15, 0.2) is 57.9 Å². The van der Waals surface area contributed by atoms with Crippen molar-refractivity contribution in [2.75, 3.05) is 11.1 Å². The SMILES string of the molecule is Cc1ccc(NC(=O)[C@H](C)OC(=O)CSc2ccccc2)c(Br)c1. The van der Waals surface area contributed by atoms with E-state index in [0.717, 1.165) is 14.9 Å². The maximum absolute atomic E-state index is 12.1. The van der Waals surface area contributed by atoms with E-state index in [4.69, 9.17) is 4.74 Å². The van der Waals surface area contributed by atoms with Gasteiger partial charge in [0.1, 0.15) is 0 Å². The number of carbonyl (C=O) groups excluding carboxylic acids is 2. The smallest absolute Gasteiger partial charge is 0.317 e. The van der Waals surface area contributed by atoms with E-state index in [2.05, 4.69) is 21.2 Å². The van der Waals surface area contributed by atoms with Crippen molar-refractivity contribution in [1.82, 2.24) is 0 Å². The molecule has 1 amide bonds. The molecule has 0 bridgehead atoms. The van der Waals surface area contributed by atoms with E-state index >= 15 is 0 Å². The van der Waals surface area contributed by atoms with Crippen LogP contribution in [0.3, 0.4) is 0 Å². The zero-order chi connectivity index (χ0) is 17.5. The molecular weight excluding hydrogens is 390 g/mol. The Morgan fingerprint density at radius 2 is 1.92 bits per heavy atom. The van der Waals surface area contributed by atoms with Crippen molar-refractivity contribution in [3.8, 4) is 0 Å². The van der Waals surface area contributed by atoms with E-state index in [-0.39, 0.29) is 11.7 Å². The first-order chi connectivity index (χ1) is 11.5. The number of thioether (sulfide) groups is 1. The lowest BCUT2D eigenvalue weighted by molar-refractivity contribution is -0.150. The summed E-state index contributed by atoms with van der Waals surface area (Å²) in [5.41, 5.74) is 1.73. The summed E-state index contributed by atoms with van der Waals surface area (Å²) < 4.78 is 5.97. The van der Waals surface area contributed by atoms with Crippen LogP contribution < -0.4 is 5.32 Å². The first-order valence-corrected chi connectivity index (χ1v) is 9.18. The third kappa shape index (κ3) is 5.69. The monoisotopic (exact) mass is 407 g/mol. The van der Waals surface area contributed by atoms with Crippen LogP contribution >= 0.6 is 27.7 Å². The van der Waals surface area contributed by atoms with Crippen LogP contribution in [-0.2, 0) is 14.3 Å². The molecule has 0 heterocycles. The largest absolute Gasteiger partial charge is 0.452 e. The number of rotatable bonds is 6. The summed E-state index contributed by atoms with van der Waals surface area (Å²) in [5, 5.41) is 2.75. The Kier molecular flexibility index (Phi) is 6.87. The molecule has 1 atom stereocenters. The van der Waals surface area contributed by atoms with Crippen LogP contribution in [0.1, 0.15) is 12.5 Å². The van der Waals surface area contributed by atoms with Gasteiger partial charge in [-0.1, -0.05) is 24.3 Å². The summed E-state index contributed by atoms with van der Waals surface area (Å²) in [6, 6.07) is 15.2. The molecule has 24 heavy (non-hydrogen) atoms. The van der Waals surface area contributed by atoms with Gasteiger partial charge in [-0.3, -0.25) is 9.59 Å². The maximum atomic E-state index is 12.1. The number of nitrogens with one attached hydrogen (secondary N) is 1. The van der Waals surface area contributed by atoms with Gasteiger partial charge < -0.3 is 10.1 Å². The highest BCUT2D eigenvalue weighted by atomic mass is 79.9. The maximum Gasteiger partial charge on any atom is 0.317 e. The van der Waals surface area contributed by atoms with Gasteiger partial charge >= 0.3 is 5.97 Å². The van der Waals surface area contributed by atoms with E-state index in [0.29, 0.717) is 5.69 Å². The number of amides is 1. The van der Waals surface area contributed by atoms with Gasteiger partial charge in [0.25, 0.3) is 5.91 Å². The van der Waals surface area contributed by atoms with Crippen LogP contribution in [-0.4, -0.2) is 23.7 Å². The van der Waals surface area contributed by atoms with Gasteiger partial charge in [-0.05, 0) is 59.6 Å². The Morgan fingerprint density at radius 1 is 1.21 bits per heavy atom. The van der Waals surface area contributed by atoms with E-state index in [1.807, 2.05) is 49.4 Å². The zero-order valence-corrected chi connectivity index (χ0v) is 15.8. The molecule has 0 aromatic heterocycles. The minimum Gasteiger partial charge on any atom is -0.452 e. The van der Waals surface area contributed by atoms with E-state index in [9.17, 15) is 9.59 Å². The minimum absolute atomic E-state index is 0.163. The highest BCUT2D eigenvalue weighted by Crippen LogP contribution is 2.23. The topological polar surface area (TPSA) is 55.4 Å². The molecule has 2 aromatic carbocycles. The standard InChI is InChI=1S/C18H18BrNO3S/c1-12-8-9-16(15(19)10-12)20-18(22)13(2)23-17(21)11-24-14-6-4-3-5-7-14/h3-10,13H,11H2,1-2H3,(H,20,22)/t13-/m0/s1. The molecular formula is C18H18BrNO3S. The van der Waals surface area contributed by atoms with Gasteiger partial charge in [0.05, 0.1) is 11.4 Å². The summed E-state index contributed by atoms with van der Waals surface area (Å²) in [6.45, 7) is 3.52. The van der Waals surface area contributed by atoms with Crippen LogP contribution in [0.2, 0.25) is 0 Å². The fourth-order valence-electron chi connectivity index (χ4n) is 1.90. The highest BCUT2D eigenvalue weighted by Gasteiger charge is 2.18. The van der Waals surface area contributed by atoms with Crippen molar-refractivity contribution in [2.45, 2.75) is 24.8 Å². The van der Waals surface area contributed by atoms with Crippen molar-refractivity contribution in [3.05, 3.63) is 58.6 Å². The van der Waals surface area contributed by atoms with Gasteiger partial charge in [-0.2, -0.15) is 0 Å². The Hall–Kier alpha value is -1.79. The van der Waals surface area contributed by atoms with Gasteiger partial charge in [-0.15, -0.1) is 11.8 Å². The second kappa shape index (κ2) is 8.89. The number of hydrogen-bond acceptors (Lipinski definition) is 4. The fraction of sp³-hybridized carbons (Fsp3) is 0.222. The quantitative estimate of drug-likeness (QED) is 0.568. The summed E-state index contributed by atoms with van der Waals surface area (Å²) in [4.78, 5) is 25.0. The lowest BCUT2D eigenvalue weighted by atomic mass is 10.2. The number of benzene rings is 2. The normalized spacial score (nSPS) is 11.6. The predicted molar refractivity (Wildman–Crippen MR) is 100 cm³/mol. The Bertz CT molecular complexity index is 721. The number of anilines is 1. The van der Waals surface area contributed by atoms with Crippen molar-refractivity contribution in [3.63, 3.8) is 0 Å². The summed E-state index contributed by atoms with van der Waals surface area (Å²) in [5.74, 6) is -0.623. The molecule has 6 heteroatoms. The van der Waals surface area contributed by atoms with Gasteiger partial charge in [-0.25, -0.2) is 0 Å². The fourth-order valence-corrected chi connectivity index (χ4v) is 3.19. The van der Waals surface area contributed by atoms with E-state index in [1.54, 1.807) is 13.0 Å². The molecule has 4 nitrogen and oxygen atoms in total. The first kappa shape index (κ1) is 18.5. The third-order valence-electron chi connectivity index (χ3n) is 3.16. The molecule has 0 saturated heterocycles. The van der Waals surface area contributed by atoms with Gasteiger partial charge in [0, 0.05) is 9.37 Å². The zero-order valence-electron chi connectivity index (χ0n) is 13.4. The molecule has 2 rings (SSSR count). The van der Waals surface area contributed by atoms with Crippen LogP contribution in [0.5, 0.6) is 0 Å². The number of halogens is 1. The van der Waals surface area contributed by atoms with Crippen LogP contribution in [0, 0.1) is 6.92 Å². The number of carbonyl (C=O) groups is 2. The number of aryl methyl sites for hydroxylation is 1. The van der Waals surface area contributed by atoms with E-state index in [1.165, 1.54) is 11.8 Å². The summed E-state index contributed by atoms with van der Waals surface area (Å²) in [6.07, 6.45) is -0.859. The molecule has 0 unspecified atom stereocenters. The summed E-state index contributed by atoms with van der Waals surface area (Å²) >= 11 is 4.78. The molecule has 0 spiro atoms. The molecule has 2 aromatic rings. The number of ether oxygens (including phenoxy) is 1. The van der Waals surface area contributed by atoms with Crippen molar-refractivity contribution >= 4 is 45.3 Å². The number of esters is 1. The third-order valence-corrected chi connectivity index (χ3v) is 4.80. The Balaban J connectivity index is 1.83. The average molecular weight is 408 g/mol. The van der Waals surface area contributed by atoms with Gasteiger partial charge in [0.15, 0.2) is 6.10 Å². The second-order valence-electron chi connectivity index (χ2n) is 5.21. The lowest BCUT2D eigenvalue weighted by Gasteiger charge is -2.14. The van der Waals surface area contributed by atoms with Crippen LogP contribution in [0.25, 0.3) is 0 Å². The predicted octanol–water partition coefficient (Wildman–Crippen LogP) is 4.42. The molecule has 1 N–H and O–H groups in total. The van der Waals surface area contributed by atoms with Gasteiger partial charge in [0.2, 0.25) is 0 Å². The molecule has 0 aliphatic rings. The average Bonchev–Trinajstić information content (AvgIpc) is 2.56. The molecule has 0 radical (unpaired) electrons. The molecule has 0 aliphatic heterocycles. The molecule has 0 aliphatic carbocycles. The van der Waals surface area contributed by atoms with Crippen molar-refractivity contribution in [2.24, 2.45) is 0 Å². The summed E-state index contributed by atoms with van der Waals surface area (Å²) in [7, 11) is 0. The molecule has 0 fully saturated rings. The number of hydrogen-bond donors (Lipinski definition) is 1. The second-order valence-corrected chi connectivity index (χ2v) is 7.11.